The number of methoxy groups -OCH3 is 2. The van der Waals surface area contributed by atoms with Crippen LogP contribution in [0.3, 0.4) is 0 Å². The first-order valence-electron chi connectivity index (χ1n) is 9.78. The Morgan fingerprint density at radius 1 is 1.22 bits per heavy atom. The molecule has 0 saturated carbocycles. The Labute approximate surface area is 163 Å². The van der Waals surface area contributed by atoms with Gasteiger partial charge in [-0.05, 0) is 56.0 Å². The molecule has 0 spiro atoms. The fraction of sp³-hybridized carbons (Fsp3) is 0.667. The van der Waals surface area contributed by atoms with Crippen molar-refractivity contribution in [3.8, 4) is 11.5 Å². The number of carbonyl (C=O) groups is 1. The number of ether oxygens (including phenoxy) is 3. The van der Waals surface area contributed by atoms with Gasteiger partial charge in [-0.1, -0.05) is 19.9 Å². The highest BCUT2D eigenvalue weighted by atomic mass is 16.5. The van der Waals surface area contributed by atoms with Crippen LogP contribution in [0.5, 0.6) is 11.5 Å². The molecule has 6 heteroatoms. The molecular formula is C21H34N2O4. The highest BCUT2D eigenvalue weighted by Crippen LogP contribution is 2.31. The van der Waals surface area contributed by atoms with Crippen LogP contribution >= 0.6 is 0 Å². The molecule has 1 amide bonds. The molecule has 1 fully saturated rings. The zero-order valence-corrected chi connectivity index (χ0v) is 17.1. The minimum absolute atomic E-state index is 0.0575. The van der Waals surface area contributed by atoms with Crippen molar-refractivity contribution in [2.45, 2.75) is 39.7 Å². The van der Waals surface area contributed by atoms with Crippen molar-refractivity contribution in [3.05, 3.63) is 23.8 Å². The average molecular weight is 379 g/mol. The van der Waals surface area contributed by atoms with E-state index >= 15 is 0 Å². The van der Waals surface area contributed by atoms with Gasteiger partial charge in [-0.2, -0.15) is 0 Å². The summed E-state index contributed by atoms with van der Waals surface area (Å²) in [6, 6.07) is 5.81. The molecule has 0 unspecified atom stereocenters. The summed E-state index contributed by atoms with van der Waals surface area (Å²) in [4.78, 5) is 12.8. The molecular weight excluding hydrogens is 344 g/mol. The van der Waals surface area contributed by atoms with Gasteiger partial charge in [0, 0.05) is 13.7 Å². The van der Waals surface area contributed by atoms with Gasteiger partial charge in [0.1, 0.15) is 0 Å². The number of hydrogen-bond donors (Lipinski definition) is 2. The molecule has 1 heterocycles. The molecule has 0 aromatic heterocycles. The van der Waals surface area contributed by atoms with Crippen LogP contribution in [-0.4, -0.2) is 46.4 Å². The molecule has 1 saturated heterocycles. The van der Waals surface area contributed by atoms with E-state index < -0.39 is 5.41 Å². The number of nitrogens with one attached hydrogen (secondary N) is 2. The Morgan fingerprint density at radius 3 is 2.59 bits per heavy atom. The van der Waals surface area contributed by atoms with Crippen molar-refractivity contribution in [1.82, 2.24) is 10.6 Å². The summed E-state index contributed by atoms with van der Waals surface area (Å²) in [6.45, 7) is 7.60. The lowest BCUT2D eigenvalue weighted by Crippen LogP contribution is -2.49. The van der Waals surface area contributed by atoms with Gasteiger partial charge in [-0.25, -0.2) is 0 Å². The second-order valence-electron chi connectivity index (χ2n) is 7.66. The third-order valence-electron chi connectivity index (χ3n) is 5.10. The molecule has 0 bridgehead atoms. The molecule has 1 aromatic rings. The predicted octanol–water partition coefficient (Wildman–Crippen LogP) is 2.75. The number of benzene rings is 1. The lowest BCUT2D eigenvalue weighted by Gasteiger charge is -2.35. The maximum absolute atomic E-state index is 12.8. The Hall–Kier alpha value is -1.79. The van der Waals surface area contributed by atoms with Crippen molar-refractivity contribution < 1.29 is 19.0 Å². The maximum atomic E-state index is 12.8. The first-order valence-corrected chi connectivity index (χ1v) is 9.78. The monoisotopic (exact) mass is 378 g/mol. The quantitative estimate of drug-likeness (QED) is 0.655. The number of carbonyl (C=O) groups excluding carboxylic acids is 1. The standard InChI is InChI=1S/C21H34N2O4/c1-16(2)7-12-27-18-6-5-17(13-19(18)26-4)14-23-20(24)21(15-25-3)8-10-22-11-9-21/h5-6,13,16,22H,7-12,14-15H2,1-4H3,(H,23,24). The van der Waals surface area contributed by atoms with Crippen molar-refractivity contribution in [3.63, 3.8) is 0 Å². The van der Waals surface area contributed by atoms with Gasteiger partial charge in [-0.15, -0.1) is 0 Å². The largest absolute Gasteiger partial charge is 0.493 e. The number of rotatable bonds is 10. The summed E-state index contributed by atoms with van der Waals surface area (Å²) in [5, 5.41) is 6.39. The predicted molar refractivity (Wildman–Crippen MR) is 106 cm³/mol. The van der Waals surface area contributed by atoms with E-state index in [0.29, 0.717) is 31.4 Å². The Morgan fingerprint density at radius 2 is 1.96 bits per heavy atom. The molecule has 2 rings (SSSR count). The van der Waals surface area contributed by atoms with E-state index in [1.165, 1.54) is 0 Å². The summed E-state index contributed by atoms with van der Waals surface area (Å²) in [5.41, 5.74) is 0.544. The van der Waals surface area contributed by atoms with Crippen LogP contribution in [-0.2, 0) is 16.1 Å². The van der Waals surface area contributed by atoms with Crippen LogP contribution in [0, 0.1) is 11.3 Å². The zero-order chi connectivity index (χ0) is 19.7. The van der Waals surface area contributed by atoms with Crippen LogP contribution in [0.15, 0.2) is 18.2 Å². The molecule has 0 radical (unpaired) electrons. The lowest BCUT2D eigenvalue weighted by molar-refractivity contribution is -0.136. The first-order chi connectivity index (χ1) is 13.0. The topological polar surface area (TPSA) is 68.8 Å². The SMILES string of the molecule is COCC1(C(=O)NCc2ccc(OCCC(C)C)c(OC)c2)CCNCC1. The van der Waals surface area contributed by atoms with Crippen LogP contribution in [0.25, 0.3) is 0 Å². The van der Waals surface area contributed by atoms with Crippen molar-refractivity contribution in [2.75, 3.05) is 40.5 Å². The number of amides is 1. The molecule has 2 N–H and O–H groups in total. The molecule has 6 nitrogen and oxygen atoms in total. The van der Waals surface area contributed by atoms with Crippen LogP contribution in [0.1, 0.15) is 38.7 Å². The van der Waals surface area contributed by atoms with Crippen LogP contribution in [0.4, 0.5) is 0 Å². The Balaban J connectivity index is 1.97. The molecule has 1 aromatic carbocycles. The molecule has 0 aliphatic carbocycles. The molecule has 1 aliphatic heterocycles. The Bertz CT molecular complexity index is 592. The number of piperidine rings is 1. The molecule has 152 valence electrons. The maximum Gasteiger partial charge on any atom is 0.228 e. The minimum atomic E-state index is -0.440. The fourth-order valence-electron chi connectivity index (χ4n) is 3.33. The first kappa shape index (κ1) is 21.5. The molecule has 27 heavy (non-hydrogen) atoms. The van der Waals surface area contributed by atoms with Crippen molar-refractivity contribution in [2.24, 2.45) is 11.3 Å². The van der Waals surface area contributed by atoms with E-state index in [1.54, 1.807) is 14.2 Å². The van der Waals surface area contributed by atoms with Crippen molar-refractivity contribution in [1.29, 1.82) is 0 Å². The normalized spacial score (nSPS) is 16.2. The van der Waals surface area contributed by atoms with Crippen molar-refractivity contribution >= 4 is 5.91 Å². The van der Waals surface area contributed by atoms with E-state index in [0.717, 1.165) is 43.7 Å². The average Bonchev–Trinajstić information content (AvgIpc) is 2.67. The summed E-state index contributed by atoms with van der Waals surface area (Å²) in [5.74, 6) is 2.09. The fourth-order valence-corrected chi connectivity index (χ4v) is 3.33. The summed E-state index contributed by atoms with van der Waals surface area (Å²) < 4.78 is 16.6. The second kappa shape index (κ2) is 10.5. The van der Waals surface area contributed by atoms with Gasteiger partial charge in [0.25, 0.3) is 0 Å². The van der Waals surface area contributed by atoms with Gasteiger partial charge in [0.15, 0.2) is 11.5 Å². The van der Waals surface area contributed by atoms with E-state index in [1.807, 2.05) is 18.2 Å². The lowest BCUT2D eigenvalue weighted by atomic mass is 9.78. The highest BCUT2D eigenvalue weighted by molar-refractivity contribution is 5.83. The second-order valence-corrected chi connectivity index (χ2v) is 7.66. The third kappa shape index (κ3) is 6.11. The molecule has 1 aliphatic rings. The van der Waals surface area contributed by atoms with E-state index in [-0.39, 0.29) is 5.91 Å². The Kier molecular flexibility index (Phi) is 8.38. The van der Waals surface area contributed by atoms with E-state index in [9.17, 15) is 4.79 Å². The van der Waals surface area contributed by atoms with E-state index in [4.69, 9.17) is 14.2 Å². The van der Waals surface area contributed by atoms with E-state index in [2.05, 4.69) is 24.5 Å². The highest BCUT2D eigenvalue weighted by Gasteiger charge is 2.39. The summed E-state index contributed by atoms with van der Waals surface area (Å²) in [7, 11) is 3.29. The van der Waals surface area contributed by atoms with Gasteiger partial charge < -0.3 is 24.8 Å². The summed E-state index contributed by atoms with van der Waals surface area (Å²) in [6.07, 6.45) is 2.58. The third-order valence-corrected chi connectivity index (χ3v) is 5.10. The van der Waals surface area contributed by atoms with Gasteiger partial charge in [-0.3, -0.25) is 4.79 Å². The minimum Gasteiger partial charge on any atom is -0.493 e. The molecule has 0 atom stereocenters. The van der Waals surface area contributed by atoms with Gasteiger partial charge >= 0.3 is 0 Å². The summed E-state index contributed by atoms with van der Waals surface area (Å²) >= 11 is 0. The number of hydrogen-bond acceptors (Lipinski definition) is 5. The van der Waals surface area contributed by atoms with Gasteiger partial charge in [0.05, 0.1) is 25.7 Å². The van der Waals surface area contributed by atoms with Crippen LogP contribution < -0.4 is 20.1 Å². The zero-order valence-electron chi connectivity index (χ0n) is 17.1. The smallest absolute Gasteiger partial charge is 0.228 e. The van der Waals surface area contributed by atoms with Gasteiger partial charge in [0.2, 0.25) is 5.91 Å². The van der Waals surface area contributed by atoms with Crippen LogP contribution in [0.2, 0.25) is 0 Å².